The maximum absolute atomic E-state index is 8.71. The molecule has 4 heteroatoms. The first-order valence-electron chi connectivity index (χ1n) is 6.92. The molecule has 98 valence electrons. The lowest BCUT2D eigenvalue weighted by Gasteiger charge is -2.35. The Morgan fingerprint density at radius 1 is 1.24 bits per heavy atom. The van der Waals surface area contributed by atoms with Crippen molar-refractivity contribution in [1.29, 1.82) is 0 Å². The predicted molar refractivity (Wildman–Crippen MR) is 69.8 cm³/mol. The summed E-state index contributed by atoms with van der Waals surface area (Å²) in [5, 5.41) is 12.0. The van der Waals surface area contributed by atoms with Gasteiger partial charge in [0, 0.05) is 32.0 Å². The Hall–Kier alpha value is -0.610. The highest BCUT2D eigenvalue weighted by molar-refractivity contribution is 5.84. The molecule has 2 aliphatic rings. The molecule has 4 nitrogen and oxygen atoms in total. The predicted octanol–water partition coefficient (Wildman–Crippen LogP) is 1.79. The molecule has 0 aliphatic carbocycles. The van der Waals surface area contributed by atoms with Crippen LogP contribution in [0.5, 0.6) is 0 Å². The van der Waals surface area contributed by atoms with Gasteiger partial charge in [0.2, 0.25) is 0 Å². The van der Waals surface area contributed by atoms with Gasteiger partial charge in [-0.1, -0.05) is 11.6 Å². The van der Waals surface area contributed by atoms with Gasteiger partial charge in [-0.2, -0.15) is 0 Å². The molecule has 0 bridgehead atoms. The van der Waals surface area contributed by atoms with Crippen LogP contribution >= 0.6 is 0 Å². The van der Waals surface area contributed by atoms with Crippen molar-refractivity contribution in [3.8, 4) is 0 Å². The average molecular weight is 239 g/mol. The Kier molecular flexibility index (Phi) is 4.80. The van der Waals surface area contributed by atoms with Crippen LogP contribution in [0.2, 0.25) is 0 Å². The number of rotatable bonds is 3. The number of piperidine rings is 2. The quantitative estimate of drug-likeness (QED) is 0.603. The highest BCUT2D eigenvalue weighted by Crippen LogP contribution is 2.18. The third kappa shape index (κ3) is 3.68. The van der Waals surface area contributed by atoms with Crippen molar-refractivity contribution in [1.82, 2.24) is 9.80 Å². The summed E-state index contributed by atoms with van der Waals surface area (Å²) in [6.45, 7) is 4.60. The van der Waals surface area contributed by atoms with E-state index in [1.54, 1.807) is 0 Å². The number of hydrogen-bond donors (Lipinski definition) is 1. The average Bonchev–Trinajstić information content (AvgIpc) is 2.38. The minimum atomic E-state index is 0.789. The molecule has 2 fully saturated rings. The third-order valence-corrected chi connectivity index (χ3v) is 4.27. The number of hydrogen-bond acceptors (Lipinski definition) is 4. The van der Waals surface area contributed by atoms with Crippen LogP contribution in [0.1, 0.15) is 38.5 Å². The molecule has 1 atom stereocenters. The minimum Gasteiger partial charge on any atom is -0.411 e. The van der Waals surface area contributed by atoms with E-state index in [1.807, 2.05) is 0 Å². The molecular formula is C13H25N3O. The van der Waals surface area contributed by atoms with Gasteiger partial charge in [-0.05, 0) is 39.4 Å². The lowest BCUT2D eigenvalue weighted by molar-refractivity contribution is 0.153. The molecule has 17 heavy (non-hydrogen) atoms. The molecule has 0 aromatic rings. The van der Waals surface area contributed by atoms with E-state index < -0.39 is 0 Å². The van der Waals surface area contributed by atoms with Crippen LogP contribution in [0, 0.1) is 0 Å². The van der Waals surface area contributed by atoms with Crippen LogP contribution < -0.4 is 0 Å². The topological polar surface area (TPSA) is 39.1 Å². The van der Waals surface area contributed by atoms with E-state index in [-0.39, 0.29) is 0 Å². The van der Waals surface area contributed by atoms with E-state index in [2.05, 4.69) is 22.0 Å². The number of oxime groups is 1. The first kappa shape index (κ1) is 12.8. The van der Waals surface area contributed by atoms with Gasteiger partial charge in [-0.25, -0.2) is 0 Å². The Morgan fingerprint density at radius 3 is 2.65 bits per heavy atom. The molecule has 2 heterocycles. The van der Waals surface area contributed by atoms with Gasteiger partial charge in [-0.15, -0.1) is 0 Å². The van der Waals surface area contributed by atoms with Crippen LogP contribution in [0.4, 0.5) is 0 Å². The SMILES string of the molecule is CN1CCCCC1CCN1CCC(=NO)CC1. The van der Waals surface area contributed by atoms with Gasteiger partial charge in [-0.3, -0.25) is 0 Å². The molecule has 0 radical (unpaired) electrons. The van der Waals surface area contributed by atoms with Crippen LogP contribution in [0.15, 0.2) is 5.16 Å². The minimum absolute atomic E-state index is 0.789. The molecule has 2 rings (SSSR count). The van der Waals surface area contributed by atoms with Gasteiger partial charge < -0.3 is 15.0 Å². The summed E-state index contributed by atoms with van der Waals surface area (Å²) < 4.78 is 0. The van der Waals surface area contributed by atoms with Crippen LogP contribution in [0.3, 0.4) is 0 Å². The first-order chi connectivity index (χ1) is 8.29. The third-order valence-electron chi connectivity index (χ3n) is 4.27. The molecule has 1 unspecified atom stereocenters. The summed E-state index contributed by atoms with van der Waals surface area (Å²) in [6, 6.07) is 0.789. The highest BCUT2D eigenvalue weighted by atomic mass is 16.4. The van der Waals surface area contributed by atoms with Crippen molar-refractivity contribution in [3.63, 3.8) is 0 Å². The zero-order valence-electron chi connectivity index (χ0n) is 10.9. The lowest BCUT2D eigenvalue weighted by atomic mass is 9.99. The molecule has 0 saturated carbocycles. The van der Waals surface area contributed by atoms with Gasteiger partial charge in [0.25, 0.3) is 0 Å². The number of likely N-dealkylation sites (tertiary alicyclic amines) is 2. The monoisotopic (exact) mass is 239 g/mol. The van der Waals surface area contributed by atoms with E-state index >= 15 is 0 Å². The van der Waals surface area contributed by atoms with Crippen molar-refractivity contribution < 1.29 is 5.21 Å². The lowest BCUT2D eigenvalue weighted by Crippen LogP contribution is -2.41. The largest absolute Gasteiger partial charge is 0.411 e. The van der Waals surface area contributed by atoms with Crippen LogP contribution in [-0.2, 0) is 0 Å². The van der Waals surface area contributed by atoms with Gasteiger partial charge in [0.1, 0.15) is 0 Å². The van der Waals surface area contributed by atoms with Crippen LogP contribution in [-0.4, -0.2) is 60.0 Å². The maximum Gasteiger partial charge on any atom is 0.0596 e. The van der Waals surface area contributed by atoms with E-state index in [9.17, 15) is 0 Å². The molecular weight excluding hydrogens is 214 g/mol. The van der Waals surface area contributed by atoms with Crippen molar-refractivity contribution in [2.75, 3.05) is 33.2 Å². The molecule has 0 amide bonds. The van der Waals surface area contributed by atoms with Gasteiger partial charge in [0.15, 0.2) is 0 Å². The molecule has 0 aromatic heterocycles. The summed E-state index contributed by atoms with van der Waals surface area (Å²) in [6.07, 6.45) is 7.31. The van der Waals surface area contributed by atoms with E-state index in [0.717, 1.165) is 37.7 Å². The summed E-state index contributed by atoms with van der Waals surface area (Å²) in [7, 11) is 2.26. The van der Waals surface area contributed by atoms with Crippen molar-refractivity contribution in [2.24, 2.45) is 5.16 Å². The second-order valence-corrected chi connectivity index (χ2v) is 5.43. The van der Waals surface area contributed by atoms with Crippen molar-refractivity contribution in [3.05, 3.63) is 0 Å². The van der Waals surface area contributed by atoms with Gasteiger partial charge >= 0.3 is 0 Å². The van der Waals surface area contributed by atoms with E-state index in [1.165, 1.54) is 38.8 Å². The Labute approximate surface area is 104 Å². The second-order valence-electron chi connectivity index (χ2n) is 5.43. The maximum atomic E-state index is 8.71. The smallest absolute Gasteiger partial charge is 0.0596 e. The summed E-state index contributed by atoms with van der Waals surface area (Å²) in [4.78, 5) is 5.03. The standard InChI is InChI=1S/C13H25N3O/c1-15-8-3-2-4-13(15)7-11-16-9-5-12(14-17)6-10-16/h13,17H,2-11H2,1H3. The first-order valence-corrected chi connectivity index (χ1v) is 6.92. The Bertz CT molecular complexity index is 257. The van der Waals surface area contributed by atoms with E-state index in [0.29, 0.717) is 0 Å². The van der Waals surface area contributed by atoms with Crippen molar-refractivity contribution in [2.45, 2.75) is 44.6 Å². The molecule has 2 saturated heterocycles. The zero-order chi connectivity index (χ0) is 12.1. The molecule has 2 aliphatic heterocycles. The molecule has 1 N–H and O–H groups in total. The fraction of sp³-hybridized carbons (Fsp3) is 0.923. The zero-order valence-corrected chi connectivity index (χ0v) is 10.9. The Balaban J connectivity index is 1.68. The van der Waals surface area contributed by atoms with E-state index in [4.69, 9.17) is 5.21 Å². The molecule has 0 spiro atoms. The van der Waals surface area contributed by atoms with Crippen molar-refractivity contribution >= 4 is 5.71 Å². The normalized spacial score (nSPS) is 28.3. The fourth-order valence-corrected chi connectivity index (χ4v) is 2.98. The highest BCUT2D eigenvalue weighted by Gasteiger charge is 2.21. The number of nitrogens with zero attached hydrogens (tertiary/aromatic N) is 3. The summed E-state index contributed by atoms with van der Waals surface area (Å²) >= 11 is 0. The summed E-state index contributed by atoms with van der Waals surface area (Å²) in [5.74, 6) is 0. The second kappa shape index (κ2) is 6.36. The summed E-state index contributed by atoms with van der Waals surface area (Å²) in [5.41, 5.74) is 0.969. The Morgan fingerprint density at radius 2 is 2.00 bits per heavy atom. The molecule has 0 aromatic carbocycles. The van der Waals surface area contributed by atoms with Crippen LogP contribution in [0.25, 0.3) is 0 Å². The van der Waals surface area contributed by atoms with Gasteiger partial charge in [0.05, 0.1) is 5.71 Å². The fourth-order valence-electron chi connectivity index (χ4n) is 2.98.